The number of methoxy groups -OCH3 is 1. The van der Waals surface area contributed by atoms with Gasteiger partial charge in [0.05, 0.1) is 13.0 Å². The zero-order valence-electron chi connectivity index (χ0n) is 20.2. The molecule has 0 radical (unpaired) electrons. The molecule has 0 saturated carbocycles. The van der Waals surface area contributed by atoms with Crippen molar-refractivity contribution in [1.29, 1.82) is 0 Å². The number of hydrogen-bond acceptors (Lipinski definition) is 4. The Kier molecular flexibility index (Phi) is 8.21. The van der Waals surface area contributed by atoms with Crippen LogP contribution in [0.25, 0.3) is 0 Å². The fourth-order valence-corrected chi connectivity index (χ4v) is 4.57. The molecule has 1 saturated heterocycles. The summed E-state index contributed by atoms with van der Waals surface area (Å²) in [7, 11) is 3.58. The van der Waals surface area contributed by atoms with Crippen LogP contribution in [0.5, 0.6) is 11.5 Å². The summed E-state index contributed by atoms with van der Waals surface area (Å²) in [6.07, 6.45) is 1.98. The minimum absolute atomic E-state index is 0.0397. The van der Waals surface area contributed by atoms with Gasteiger partial charge < -0.3 is 14.4 Å². The topological polar surface area (TPSA) is 42.0 Å². The molecule has 0 aliphatic carbocycles. The van der Waals surface area contributed by atoms with Gasteiger partial charge in [0.2, 0.25) is 5.91 Å². The molecule has 1 amide bonds. The van der Waals surface area contributed by atoms with Crippen molar-refractivity contribution in [2.45, 2.75) is 32.5 Å². The first kappa shape index (κ1) is 23.8. The van der Waals surface area contributed by atoms with Crippen LogP contribution in [0.15, 0.2) is 78.9 Å². The number of carbonyl (C=O) groups excluding carboxylic acids is 1. The number of amides is 1. The second-order valence-electron chi connectivity index (χ2n) is 9.01. The predicted molar refractivity (Wildman–Crippen MR) is 135 cm³/mol. The van der Waals surface area contributed by atoms with Crippen molar-refractivity contribution in [2.75, 3.05) is 27.2 Å². The van der Waals surface area contributed by atoms with Crippen molar-refractivity contribution in [3.05, 3.63) is 95.6 Å². The normalized spacial score (nSPS) is 16.1. The number of likely N-dealkylation sites (tertiary alicyclic amines) is 1. The lowest BCUT2D eigenvalue weighted by atomic mass is 9.96. The molecule has 3 aromatic rings. The summed E-state index contributed by atoms with van der Waals surface area (Å²) in [6.45, 7) is 3.73. The van der Waals surface area contributed by atoms with Crippen molar-refractivity contribution in [1.82, 2.24) is 9.80 Å². The third-order valence-electron chi connectivity index (χ3n) is 6.36. The standard InChI is InChI=1S/C29H34N2O3/c1-30(19-23-10-5-3-6-11-23)29(32)26-14-9-17-31(21-26)20-25-15-16-27(28(18-25)33-2)34-22-24-12-7-4-8-13-24/h3-8,10-13,15-16,18,26H,9,14,17,19-22H2,1-2H3/t26-/m0/s1. The molecule has 0 spiro atoms. The van der Waals surface area contributed by atoms with Crippen LogP contribution in [0.2, 0.25) is 0 Å². The Morgan fingerprint density at radius 2 is 1.65 bits per heavy atom. The summed E-state index contributed by atoms with van der Waals surface area (Å²) in [5.74, 6) is 1.75. The summed E-state index contributed by atoms with van der Waals surface area (Å²) in [4.78, 5) is 17.3. The van der Waals surface area contributed by atoms with Crippen molar-refractivity contribution < 1.29 is 14.3 Å². The second kappa shape index (κ2) is 11.7. The number of rotatable bonds is 9. The van der Waals surface area contributed by atoms with E-state index >= 15 is 0 Å². The Labute approximate surface area is 202 Å². The molecule has 1 aliphatic heterocycles. The Morgan fingerprint density at radius 1 is 0.941 bits per heavy atom. The highest BCUT2D eigenvalue weighted by molar-refractivity contribution is 5.79. The first-order chi connectivity index (χ1) is 16.6. The third-order valence-corrected chi connectivity index (χ3v) is 6.36. The smallest absolute Gasteiger partial charge is 0.227 e. The molecule has 178 valence electrons. The van der Waals surface area contributed by atoms with Gasteiger partial charge in [0, 0.05) is 26.7 Å². The maximum atomic E-state index is 13.1. The number of carbonyl (C=O) groups is 1. The SMILES string of the molecule is COc1cc(CN2CCC[C@H](C(=O)N(C)Cc3ccccc3)C2)ccc1OCc1ccccc1. The average molecular weight is 459 g/mol. The van der Waals surface area contributed by atoms with E-state index in [9.17, 15) is 4.79 Å². The molecule has 34 heavy (non-hydrogen) atoms. The number of nitrogens with zero attached hydrogens (tertiary/aromatic N) is 2. The second-order valence-corrected chi connectivity index (χ2v) is 9.01. The zero-order valence-corrected chi connectivity index (χ0v) is 20.2. The van der Waals surface area contributed by atoms with Gasteiger partial charge >= 0.3 is 0 Å². The van der Waals surface area contributed by atoms with Gasteiger partial charge in [-0.3, -0.25) is 9.69 Å². The first-order valence-corrected chi connectivity index (χ1v) is 12.0. The van der Waals surface area contributed by atoms with E-state index in [0.717, 1.165) is 60.7 Å². The quantitative estimate of drug-likeness (QED) is 0.445. The molecule has 0 bridgehead atoms. The van der Waals surface area contributed by atoms with Gasteiger partial charge in [-0.25, -0.2) is 0 Å². The maximum Gasteiger partial charge on any atom is 0.227 e. The highest BCUT2D eigenvalue weighted by Crippen LogP contribution is 2.30. The van der Waals surface area contributed by atoms with Crippen LogP contribution in [0.4, 0.5) is 0 Å². The van der Waals surface area contributed by atoms with E-state index in [1.165, 1.54) is 0 Å². The Hall–Kier alpha value is -3.31. The van der Waals surface area contributed by atoms with Gasteiger partial charge in [0.1, 0.15) is 6.61 Å². The Bertz CT molecular complexity index is 1060. The highest BCUT2D eigenvalue weighted by atomic mass is 16.5. The van der Waals surface area contributed by atoms with E-state index in [1.807, 2.05) is 72.6 Å². The fraction of sp³-hybridized carbons (Fsp3) is 0.345. The molecule has 0 aromatic heterocycles. The summed E-state index contributed by atoms with van der Waals surface area (Å²) < 4.78 is 11.6. The van der Waals surface area contributed by atoms with Gasteiger partial charge in [-0.1, -0.05) is 66.7 Å². The highest BCUT2D eigenvalue weighted by Gasteiger charge is 2.28. The van der Waals surface area contributed by atoms with Crippen LogP contribution in [0.3, 0.4) is 0 Å². The van der Waals surface area contributed by atoms with E-state index in [4.69, 9.17) is 9.47 Å². The first-order valence-electron chi connectivity index (χ1n) is 12.0. The molecule has 1 atom stereocenters. The number of ether oxygens (including phenoxy) is 2. The van der Waals surface area contributed by atoms with E-state index in [2.05, 4.69) is 23.1 Å². The molecular formula is C29H34N2O3. The number of piperidine rings is 1. The average Bonchev–Trinajstić information content (AvgIpc) is 2.88. The van der Waals surface area contributed by atoms with E-state index in [1.54, 1.807) is 7.11 Å². The zero-order chi connectivity index (χ0) is 23.8. The molecule has 1 heterocycles. The van der Waals surface area contributed by atoms with Crippen LogP contribution in [0, 0.1) is 5.92 Å². The Morgan fingerprint density at radius 3 is 2.35 bits per heavy atom. The van der Waals surface area contributed by atoms with Crippen molar-refractivity contribution >= 4 is 5.91 Å². The van der Waals surface area contributed by atoms with Gasteiger partial charge in [-0.2, -0.15) is 0 Å². The molecule has 3 aromatic carbocycles. The summed E-state index contributed by atoms with van der Waals surface area (Å²) in [5.41, 5.74) is 3.44. The molecule has 0 unspecified atom stereocenters. The fourth-order valence-electron chi connectivity index (χ4n) is 4.57. The molecule has 0 N–H and O–H groups in total. The number of benzene rings is 3. The van der Waals surface area contributed by atoms with Crippen molar-refractivity contribution in [3.8, 4) is 11.5 Å². The molecule has 4 rings (SSSR count). The summed E-state index contributed by atoms with van der Waals surface area (Å²) in [5, 5.41) is 0. The summed E-state index contributed by atoms with van der Waals surface area (Å²) in [6, 6.07) is 26.4. The molecule has 1 aliphatic rings. The van der Waals surface area contributed by atoms with Crippen LogP contribution in [0.1, 0.15) is 29.5 Å². The Balaban J connectivity index is 1.34. The van der Waals surface area contributed by atoms with Crippen molar-refractivity contribution in [2.24, 2.45) is 5.92 Å². The lowest BCUT2D eigenvalue weighted by Gasteiger charge is -2.34. The third kappa shape index (κ3) is 6.39. The molecule has 1 fully saturated rings. The van der Waals surface area contributed by atoms with Crippen molar-refractivity contribution in [3.63, 3.8) is 0 Å². The number of hydrogen-bond donors (Lipinski definition) is 0. The van der Waals surface area contributed by atoms with E-state index in [0.29, 0.717) is 13.2 Å². The van der Waals surface area contributed by atoms with Crippen LogP contribution < -0.4 is 9.47 Å². The minimum Gasteiger partial charge on any atom is -0.493 e. The van der Waals surface area contributed by atoms with Gasteiger partial charge in [-0.15, -0.1) is 0 Å². The largest absolute Gasteiger partial charge is 0.493 e. The van der Waals surface area contributed by atoms with Crippen LogP contribution in [-0.4, -0.2) is 43.0 Å². The van der Waals surface area contributed by atoms with Crippen LogP contribution in [-0.2, 0) is 24.5 Å². The van der Waals surface area contributed by atoms with Gasteiger partial charge in [0.15, 0.2) is 11.5 Å². The summed E-state index contributed by atoms with van der Waals surface area (Å²) >= 11 is 0. The maximum absolute atomic E-state index is 13.1. The van der Waals surface area contributed by atoms with Gasteiger partial charge in [-0.05, 0) is 48.2 Å². The lowest BCUT2D eigenvalue weighted by Crippen LogP contribution is -2.43. The van der Waals surface area contributed by atoms with E-state index < -0.39 is 0 Å². The van der Waals surface area contributed by atoms with Gasteiger partial charge in [0.25, 0.3) is 0 Å². The monoisotopic (exact) mass is 458 g/mol. The lowest BCUT2D eigenvalue weighted by molar-refractivity contribution is -0.136. The molecular weight excluding hydrogens is 424 g/mol. The minimum atomic E-state index is 0.0397. The molecule has 5 heteroatoms. The van der Waals surface area contributed by atoms with E-state index in [-0.39, 0.29) is 11.8 Å². The van der Waals surface area contributed by atoms with Crippen LogP contribution >= 0.6 is 0 Å². The predicted octanol–water partition coefficient (Wildman–Crippen LogP) is 5.14. The molecule has 5 nitrogen and oxygen atoms in total.